The van der Waals surface area contributed by atoms with Crippen LogP contribution < -0.4 is 20.1 Å². The van der Waals surface area contributed by atoms with Gasteiger partial charge in [0.2, 0.25) is 16.0 Å². The molecule has 1 saturated carbocycles. The van der Waals surface area contributed by atoms with Crippen LogP contribution in [0.4, 0.5) is 28.8 Å². The molecule has 0 aliphatic heterocycles. The molecule has 0 bridgehead atoms. The Balaban J connectivity index is 1.39. The van der Waals surface area contributed by atoms with Gasteiger partial charge in [0.15, 0.2) is 5.82 Å². The molecule has 2 aromatic carbocycles. The van der Waals surface area contributed by atoms with Gasteiger partial charge in [-0.1, -0.05) is 36.7 Å². The predicted molar refractivity (Wildman–Crippen MR) is 145 cm³/mol. The van der Waals surface area contributed by atoms with Crippen molar-refractivity contribution in [2.45, 2.75) is 32.2 Å². The first-order chi connectivity index (χ1) is 17.3. The van der Waals surface area contributed by atoms with Gasteiger partial charge in [0, 0.05) is 24.3 Å². The van der Waals surface area contributed by atoms with E-state index in [2.05, 4.69) is 37.1 Å². The summed E-state index contributed by atoms with van der Waals surface area (Å²) < 4.78 is 31.8. The highest BCUT2D eigenvalue weighted by atomic mass is 35.5. The molecule has 0 radical (unpaired) electrons. The number of nitrogens with one attached hydrogen (secondary N) is 3. The summed E-state index contributed by atoms with van der Waals surface area (Å²) in [6.07, 6.45) is 6.18. The topological polar surface area (TPSA) is 108 Å². The number of para-hydroxylation sites is 2. The van der Waals surface area contributed by atoms with E-state index in [1.165, 1.54) is 19.0 Å². The zero-order valence-electron chi connectivity index (χ0n) is 20.4. The van der Waals surface area contributed by atoms with Gasteiger partial charge in [-0.15, -0.1) is 0 Å². The Morgan fingerprint density at radius 1 is 1.11 bits per heavy atom. The molecule has 0 saturated heterocycles. The fraction of sp³-hybridized carbons (Fsp3) is 0.360. The minimum absolute atomic E-state index is 0.291. The van der Waals surface area contributed by atoms with Gasteiger partial charge >= 0.3 is 0 Å². The van der Waals surface area contributed by atoms with E-state index in [9.17, 15) is 8.42 Å². The van der Waals surface area contributed by atoms with Gasteiger partial charge in [-0.05, 0) is 50.1 Å². The molecule has 9 nitrogen and oxygen atoms in total. The van der Waals surface area contributed by atoms with E-state index < -0.39 is 10.0 Å². The molecule has 4 rings (SSSR count). The van der Waals surface area contributed by atoms with Crippen LogP contribution in [-0.4, -0.2) is 55.3 Å². The van der Waals surface area contributed by atoms with Crippen LogP contribution in [0.25, 0.3) is 0 Å². The van der Waals surface area contributed by atoms with Crippen LogP contribution in [0, 0.1) is 0 Å². The summed E-state index contributed by atoms with van der Waals surface area (Å²) in [7, 11) is -3.45. The fourth-order valence-corrected chi connectivity index (χ4v) is 4.53. The van der Waals surface area contributed by atoms with Crippen LogP contribution in [-0.2, 0) is 10.0 Å². The molecule has 1 heterocycles. The van der Waals surface area contributed by atoms with Gasteiger partial charge in [-0.3, -0.25) is 4.72 Å². The molecule has 11 heteroatoms. The van der Waals surface area contributed by atoms with Crippen molar-refractivity contribution in [3.05, 3.63) is 59.8 Å². The SMILES string of the molecule is CCN(CCCOc1cccc(Nc2ncc(Cl)c(Nc3ccccc3NS(C)(=O)=O)n2)c1)C1CC1. The van der Waals surface area contributed by atoms with Crippen LogP contribution >= 0.6 is 11.6 Å². The first-order valence-electron chi connectivity index (χ1n) is 11.9. The maximum absolute atomic E-state index is 11.7. The van der Waals surface area contributed by atoms with Gasteiger partial charge in [0.05, 0.1) is 30.4 Å². The summed E-state index contributed by atoms with van der Waals surface area (Å²) in [6, 6.07) is 15.3. The fourth-order valence-electron chi connectivity index (χ4n) is 3.81. The minimum Gasteiger partial charge on any atom is -0.493 e. The average Bonchev–Trinajstić information content (AvgIpc) is 3.67. The molecule has 1 aromatic heterocycles. The number of halogens is 1. The third-order valence-corrected chi connectivity index (χ3v) is 6.50. The highest BCUT2D eigenvalue weighted by molar-refractivity contribution is 7.92. The molecule has 0 atom stereocenters. The third kappa shape index (κ3) is 7.71. The second kappa shape index (κ2) is 11.8. The monoisotopic (exact) mass is 530 g/mol. The second-order valence-corrected chi connectivity index (χ2v) is 10.8. The van der Waals surface area contributed by atoms with E-state index >= 15 is 0 Å². The standard InChI is InChI=1S/C25H31ClN6O3S/c1-3-32(19-12-13-19)14-7-15-35-20-9-6-8-18(16-20)28-25-27-17-21(26)24(30-25)29-22-10-4-5-11-23(22)31-36(2,33)34/h4-6,8-11,16-17,19,31H,3,7,12-15H2,1-2H3,(H2,27,28,29,30). The van der Waals surface area contributed by atoms with Crippen molar-refractivity contribution in [1.29, 1.82) is 0 Å². The molecule has 3 aromatic rings. The van der Waals surface area contributed by atoms with Crippen molar-refractivity contribution in [3.8, 4) is 5.75 Å². The molecule has 0 spiro atoms. The van der Waals surface area contributed by atoms with Crippen molar-refractivity contribution >= 4 is 50.5 Å². The largest absolute Gasteiger partial charge is 0.493 e. The number of rotatable bonds is 13. The van der Waals surface area contributed by atoms with Crippen LogP contribution in [0.15, 0.2) is 54.7 Å². The second-order valence-electron chi connectivity index (χ2n) is 8.65. The number of hydrogen-bond acceptors (Lipinski definition) is 8. The van der Waals surface area contributed by atoms with Crippen molar-refractivity contribution in [1.82, 2.24) is 14.9 Å². The lowest BCUT2D eigenvalue weighted by Crippen LogP contribution is -2.27. The molecule has 1 fully saturated rings. The first-order valence-corrected chi connectivity index (χ1v) is 14.2. The Labute approximate surface area is 217 Å². The number of benzene rings is 2. The van der Waals surface area contributed by atoms with Gasteiger partial charge in [0.25, 0.3) is 0 Å². The number of anilines is 5. The van der Waals surface area contributed by atoms with Crippen LogP contribution in [0.3, 0.4) is 0 Å². The number of hydrogen-bond donors (Lipinski definition) is 3. The highest BCUT2D eigenvalue weighted by Crippen LogP contribution is 2.30. The first kappa shape index (κ1) is 26.0. The van der Waals surface area contributed by atoms with E-state index in [1.54, 1.807) is 24.3 Å². The average molecular weight is 531 g/mol. The zero-order chi connectivity index (χ0) is 25.5. The summed E-state index contributed by atoms with van der Waals surface area (Å²) >= 11 is 6.31. The molecule has 0 unspecified atom stereocenters. The predicted octanol–water partition coefficient (Wildman–Crippen LogP) is 5.24. The van der Waals surface area contributed by atoms with Gasteiger partial charge in [0.1, 0.15) is 10.8 Å². The van der Waals surface area contributed by atoms with Crippen molar-refractivity contribution in [3.63, 3.8) is 0 Å². The Hall–Kier alpha value is -3.08. The van der Waals surface area contributed by atoms with Crippen LogP contribution in [0.2, 0.25) is 5.02 Å². The molecule has 1 aliphatic rings. The van der Waals surface area contributed by atoms with Crippen molar-refractivity contribution in [2.24, 2.45) is 0 Å². The smallest absolute Gasteiger partial charge is 0.229 e. The summed E-state index contributed by atoms with van der Waals surface area (Å²) in [5.41, 5.74) is 1.66. The molecule has 192 valence electrons. The summed E-state index contributed by atoms with van der Waals surface area (Å²) in [5, 5.41) is 6.54. The Kier molecular flexibility index (Phi) is 8.50. The van der Waals surface area contributed by atoms with Crippen molar-refractivity contribution in [2.75, 3.05) is 41.3 Å². The molecule has 36 heavy (non-hydrogen) atoms. The lowest BCUT2D eigenvalue weighted by molar-refractivity contribution is 0.235. The third-order valence-electron chi connectivity index (χ3n) is 5.64. The zero-order valence-corrected chi connectivity index (χ0v) is 21.9. The number of nitrogens with zero attached hydrogens (tertiary/aromatic N) is 3. The molecular formula is C25H31ClN6O3S. The van der Waals surface area contributed by atoms with Gasteiger partial charge < -0.3 is 20.3 Å². The van der Waals surface area contributed by atoms with Gasteiger partial charge in [-0.25, -0.2) is 13.4 Å². The summed E-state index contributed by atoms with van der Waals surface area (Å²) in [6.45, 7) is 5.00. The molecule has 3 N–H and O–H groups in total. The van der Waals surface area contributed by atoms with E-state index in [-0.39, 0.29) is 0 Å². The number of ether oxygens (including phenoxy) is 1. The van der Waals surface area contributed by atoms with E-state index in [1.807, 2.05) is 24.3 Å². The quantitative estimate of drug-likeness (QED) is 0.257. The Morgan fingerprint density at radius 3 is 2.61 bits per heavy atom. The van der Waals surface area contributed by atoms with Crippen LogP contribution in [0.5, 0.6) is 5.75 Å². The lowest BCUT2D eigenvalue weighted by Gasteiger charge is -2.19. The van der Waals surface area contributed by atoms with E-state index in [0.29, 0.717) is 34.8 Å². The Bertz CT molecular complexity index is 1290. The highest BCUT2D eigenvalue weighted by Gasteiger charge is 2.27. The minimum atomic E-state index is -3.45. The Morgan fingerprint density at radius 2 is 1.89 bits per heavy atom. The molecule has 1 aliphatic carbocycles. The normalized spacial score (nSPS) is 13.4. The number of sulfonamides is 1. The van der Waals surface area contributed by atoms with E-state index in [0.717, 1.165) is 43.2 Å². The van der Waals surface area contributed by atoms with Crippen LogP contribution in [0.1, 0.15) is 26.2 Å². The van der Waals surface area contributed by atoms with Gasteiger partial charge in [-0.2, -0.15) is 4.98 Å². The maximum atomic E-state index is 11.7. The van der Waals surface area contributed by atoms with E-state index in [4.69, 9.17) is 16.3 Å². The molecular weight excluding hydrogens is 500 g/mol. The summed E-state index contributed by atoms with van der Waals surface area (Å²) in [5.74, 6) is 1.43. The maximum Gasteiger partial charge on any atom is 0.229 e. The molecule has 0 amide bonds. The number of aromatic nitrogens is 2. The lowest BCUT2D eigenvalue weighted by atomic mass is 10.2. The summed E-state index contributed by atoms with van der Waals surface area (Å²) in [4.78, 5) is 11.2. The van der Waals surface area contributed by atoms with Crippen molar-refractivity contribution < 1.29 is 13.2 Å².